The van der Waals surface area contributed by atoms with Crippen molar-refractivity contribution < 1.29 is 4.42 Å². The highest BCUT2D eigenvalue weighted by atomic mass is 16.4. The van der Waals surface area contributed by atoms with Crippen LogP contribution in [0.3, 0.4) is 0 Å². The van der Waals surface area contributed by atoms with E-state index < -0.39 is 0 Å². The first-order valence-corrected chi connectivity index (χ1v) is 6.54. The van der Waals surface area contributed by atoms with Gasteiger partial charge in [-0.25, -0.2) is 0 Å². The third kappa shape index (κ3) is 3.46. The third-order valence-electron chi connectivity index (χ3n) is 3.31. The van der Waals surface area contributed by atoms with E-state index in [2.05, 4.69) is 36.1 Å². The van der Waals surface area contributed by atoms with Gasteiger partial charge in [0.05, 0.1) is 5.69 Å². The first-order chi connectivity index (χ1) is 8.15. The predicted octanol–water partition coefficient (Wildman–Crippen LogP) is 2.41. The second-order valence-corrected chi connectivity index (χ2v) is 5.33. The van der Waals surface area contributed by atoms with E-state index in [1.165, 1.54) is 19.3 Å². The van der Waals surface area contributed by atoms with Crippen LogP contribution in [0.4, 0.5) is 6.01 Å². The molecule has 0 atom stereocenters. The standard InChI is InChI=1S/C13H23N3O/c1-10(2)14-7-12-9-17-13(15-12)16(3)8-11-5-4-6-11/h9-11,14H,4-8H2,1-3H3. The highest BCUT2D eigenvalue weighted by molar-refractivity contribution is 5.25. The molecular weight excluding hydrogens is 214 g/mol. The van der Waals surface area contributed by atoms with Crippen molar-refractivity contribution in [2.75, 3.05) is 18.5 Å². The van der Waals surface area contributed by atoms with Gasteiger partial charge in [-0.3, -0.25) is 0 Å². The van der Waals surface area contributed by atoms with Crippen molar-refractivity contribution in [1.82, 2.24) is 10.3 Å². The number of rotatable bonds is 6. The number of nitrogens with zero attached hydrogens (tertiary/aromatic N) is 2. The van der Waals surface area contributed by atoms with Gasteiger partial charge >= 0.3 is 0 Å². The molecule has 4 nitrogen and oxygen atoms in total. The molecule has 96 valence electrons. The zero-order valence-corrected chi connectivity index (χ0v) is 11.1. The Balaban J connectivity index is 1.83. The minimum atomic E-state index is 0.475. The summed E-state index contributed by atoms with van der Waals surface area (Å²) in [7, 11) is 2.06. The molecule has 1 aromatic heterocycles. The summed E-state index contributed by atoms with van der Waals surface area (Å²) < 4.78 is 5.50. The van der Waals surface area contributed by atoms with E-state index >= 15 is 0 Å². The van der Waals surface area contributed by atoms with E-state index in [9.17, 15) is 0 Å². The van der Waals surface area contributed by atoms with Gasteiger partial charge in [-0.1, -0.05) is 20.3 Å². The lowest BCUT2D eigenvalue weighted by Gasteiger charge is -2.29. The minimum Gasteiger partial charge on any atom is -0.432 e. The molecular formula is C13H23N3O. The molecule has 0 unspecified atom stereocenters. The predicted molar refractivity (Wildman–Crippen MR) is 69.1 cm³/mol. The van der Waals surface area contributed by atoms with Crippen molar-refractivity contribution in [3.63, 3.8) is 0 Å². The summed E-state index contributed by atoms with van der Waals surface area (Å²) in [6, 6.07) is 1.22. The fourth-order valence-electron chi connectivity index (χ4n) is 2.00. The monoisotopic (exact) mass is 237 g/mol. The second-order valence-electron chi connectivity index (χ2n) is 5.33. The second kappa shape index (κ2) is 5.54. The summed E-state index contributed by atoms with van der Waals surface area (Å²) >= 11 is 0. The molecule has 0 bridgehead atoms. The van der Waals surface area contributed by atoms with E-state index in [1.807, 2.05) is 0 Å². The molecule has 1 aliphatic carbocycles. The van der Waals surface area contributed by atoms with E-state index in [4.69, 9.17) is 4.42 Å². The van der Waals surface area contributed by atoms with Crippen LogP contribution in [-0.4, -0.2) is 24.6 Å². The third-order valence-corrected chi connectivity index (χ3v) is 3.31. The molecule has 0 saturated heterocycles. The number of anilines is 1. The van der Waals surface area contributed by atoms with Crippen molar-refractivity contribution in [3.05, 3.63) is 12.0 Å². The first kappa shape index (κ1) is 12.4. The van der Waals surface area contributed by atoms with Crippen molar-refractivity contribution >= 4 is 6.01 Å². The Morgan fingerprint density at radius 2 is 2.29 bits per heavy atom. The van der Waals surface area contributed by atoms with E-state index in [1.54, 1.807) is 6.26 Å². The SMILES string of the molecule is CC(C)NCc1coc(N(C)CC2CCC2)n1. The van der Waals surface area contributed by atoms with Gasteiger partial charge < -0.3 is 14.6 Å². The number of oxazole rings is 1. The van der Waals surface area contributed by atoms with Gasteiger partial charge in [0, 0.05) is 26.2 Å². The zero-order chi connectivity index (χ0) is 12.3. The maximum absolute atomic E-state index is 5.50. The quantitative estimate of drug-likeness (QED) is 0.825. The number of aromatic nitrogens is 1. The molecule has 4 heteroatoms. The zero-order valence-electron chi connectivity index (χ0n) is 11.1. The highest BCUT2D eigenvalue weighted by Crippen LogP contribution is 2.28. The Morgan fingerprint density at radius 3 is 2.88 bits per heavy atom. The Hall–Kier alpha value is -1.03. The van der Waals surface area contributed by atoms with Crippen LogP contribution in [0.2, 0.25) is 0 Å². The molecule has 2 rings (SSSR count). The Bertz CT molecular complexity index is 344. The Labute approximate surface area is 103 Å². The first-order valence-electron chi connectivity index (χ1n) is 6.54. The molecule has 0 spiro atoms. The highest BCUT2D eigenvalue weighted by Gasteiger charge is 2.21. The van der Waals surface area contributed by atoms with Gasteiger partial charge in [-0.2, -0.15) is 4.98 Å². The number of hydrogen-bond donors (Lipinski definition) is 1. The molecule has 0 amide bonds. The van der Waals surface area contributed by atoms with E-state index in [0.717, 1.165) is 30.7 Å². The largest absolute Gasteiger partial charge is 0.432 e. The molecule has 17 heavy (non-hydrogen) atoms. The molecule has 1 saturated carbocycles. The maximum atomic E-state index is 5.50. The van der Waals surface area contributed by atoms with Crippen LogP contribution in [0.15, 0.2) is 10.7 Å². The lowest BCUT2D eigenvalue weighted by Crippen LogP contribution is -2.29. The van der Waals surface area contributed by atoms with Crippen LogP contribution in [0.25, 0.3) is 0 Å². The summed E-state index contributed by atoms with van der Waals surface area (Å²) in [5, 5.41) is 3.34. The topological polar surface area (TPSA) is 41.3 Å². The van der Waals surface area contributed by atoms with Crippen LogP contribution >= 0.6 is 0 Å². The van der Waals surface area contributed by atoms with Crippen LogP contribution < -0.4 is 10.2 Å². The van der Waals surface area contributed by atoms with Gasteiger partial charge in [0.25, 0.3) is 6.01 Å². The summed E-state index contributed by atoms with van der Waals surface area (Å²) in [6.07, 6.45) is 5.84. The van der Waals surface area contributed by atoms with Gasteiger partial charge in [0.2, 0.25) is 0 Å². The summed E-state index contributed by atoms with van der Waals surface area (Å²) in [5.41, 5.74) is 0.981. The summed E-state index contributed by atoms with van der Waals surface area (Å²) in [6.45, 7) is 6.10. The fourth-order valence-corrected chi connectivity index (χ4v) is 2.00. The van der Waals surface area contributed by atoms with Crippen LogP contribution in [-0.2, 0) is 6.54 Å². The molecule has 1 fully saturated rings. The summed E-state index contributed by atoms with van der Waals surface area (Å²) in [4.78, 5) is 6.62. The van der Waals surface area contributed by atoms with E-state index in [0.29, 0.717) is 6.04 Å². The van der Waals surface area contributed by atoms with Crippen molar-refractivity contribution in [2.45, 2.75) is 45.7 Å². The summed E-state index contributed by atoms with van der Waals surface area (Å²) in [5.74, 6) is 0.837. The molecule has 1 N–H and O–H groups in total. The average molecular weight is 237 g/mol. The van der Waals surface area contributed by atoms with Gasteiger partial charge in [0.1, 0.15) is 6.26 Å². The molecule has 0 radical (unpaired) electrons. The van der Waals surface area contributed by atoms with E-state index in [-0.39, 0.29) is 0 Å². The van der Waals surface area contributed by atoms with Crippen molar-refractivity contribution in [3.8, 4) is 0 Å². The molecule has 0 aromatic carbocycles. The number of hydrogen-bond acceptors (Lipinski definition) is 4. The maximum Gasteiger partial charge on any atom is 0.297 e. The molecule has 1 aliphatic rings. The van der Waals surface area contributed by atoms with Crippen LogP contribution in [0.1, 0.15) is 38.8 Å². The smallest absolute Gasteiger partial charge is 0.297 e. The average Bonchev–Trinajstić information content (AvgIpc) is 2.69. The Morgan fingerprint density at radius 1 is 1.53 bits per heavy atom. The lowest BCUT2D eigenvalue weighted by molar-refractivity contribution is 0.316. The van der Waals surface area contributed by atoms with Crippen LogP contribution in [0, 0.1) is 5.92 Å². The molecule has 1 heterocycles. The fraction of sp³-hybridized carbons (Fsp3) is 0.769. The van der Waals surface area contributed by atoms with Crippen molar-refractivity contribution in [2.24, 2.45) is 5.92 Å². The van der Waals surface area contributed by atoms with Gasteiger partial charge in [-0.15, -0.1) is 0 Å². The number of nitrogens with one attached hydrogen (secondary N) is 1. The van der Waals surface area contributed by atoms with Gasteiger partial charge in [0.15, 0.2) is 0 Å². The normalized spacial score (nSPS) is 16.2. The van der Waals surface area contributed by atoms with Gasteiger partial charge in [-0.05, 0) is 18.8 Å². The Kier molecular flexibility index (Phi) is 4.05. The molecule has 0 aliphatic heterocycles. The van der Waals surface area contributed by atoms with Crippen molar-refractivity contribution in [1.29, 1.82) is 0 Å². The minimum absolute atomic E-state index is 0.475. The molecule has 1 aromatic rings. The van der Waals surface area contributed by atoms with Crippen LogP contribution in [0.5, 0.6) is 0 Å². The lowest BCUT2D eigenvalue weighted by atomic mass is 9.85.